The van der Waals surface area contributed by atoms with Crippen LogP contribution in [0.5, 0.6) is 0 Å². The molecule has 0 atom stereocenters. The molecule has 4 heterocycles. The Balaban J connectivity index is 1.11. The molecule has 1 N–H and O–H groups in total. The molecule has 0 radical (unpaired) electrons. The summed E-state index contributed by atoms with van der Waals surface area (Å²) in [4.78, 5) is 59.2. The molecule has 3 aromatic rings. The quantitative estimate of drug-likeness (QED) is 0.481. The Bertz CT molecular complexity index is 1570. The predicted molar refractivity (Wildman–Crippen MR) is 160 cm³/mol. The summed E-state index contributed by atoms with van der Waals surface area (Å²) >= 11 is 1.84. The van der Waals surface area contributed by atoms with Crippen LogP contribution in [0.4, 0.5) is 4.39 Å². The fraction of sp³-hybridized carbons (Fsp3) is 0.516. The summed E-state index contributed by atoms with van der Waals surface area (Å²) < 4.78 is 17.1. The molecule has 2 amide bonds. The molecule has 42 heavy (non-hydrogen) atoms. The largest absolute Gasteiger partial charge is 0.353 e. The standard InChI is InChI=1S/C31H36FN5O4S/c32-22-18-26-27(33-19-22)36(25-12-16-42-17-13-25)31(41)37(30(26)40)24-8-6-23(7-9-24)34-28(38)20-10-14-35(15-11-20)29(39)21-4-2-1-3-5-21/h1-5,18-20,23-25H,6-17H2,(H,34,38)/t23-,24+. The number of rotatable bonds is 5. The van der Waals surface area contributed by atoms with Crippen molar-refractivity contribution >= 4 is 34.6 Å². The van der Waals surface area contributed by atoms with E-state index in [4.69, 9.17) is 0 Å². The minimum Gasteiger partial charge on any atom is -0.353 e. The van der Waals surface area contributed by atoms with Crippen LogP contribution in [0.3, 0.4) is 0 Å². The van der Waals surface area contributed by atoms with Crippen molar-refractivity contribution in [3.63, 3.8) is 0 Å². The summed E-state index contributed by atoms with van der Waals surface area (Å²) in [6.07, 6.45) is 6.34. The van der Waals surface area contributed by atoms with Gasteiger partial charge in [-0.05, 0) is 81.1 Å². The van der Waals surface area contributed by atoms with Gasteiger partial charge in [-0.25, -0.2) is 14.2 Å². The Hall–Kier alpha value is -3.47. The van der Waals surface area contributed by atoms with Gasteiger partial charge >= 0.3 is 5.69 Å². The number of nitrogens with one attached hydrogen (secondary N) is 1. The number of piperidine rings is 1. The molecule has 6 rings (SSSR count). The Morgan fingerprint density at radius 2 is 1.55 bits per heavy atom. The number of nitrogens with zero attached hydrogens (tertiary/aromatic N) is 4. The molecule has 0 unspecified atom stereocenters. The smallest absolute Gasteiger partial charge is 0.333 e. The maximum Gasteiger partial charge on any atom is 0.333 e. The molecule has 1 aliphatic carbocycles. The highest BCUT2D eigenvalue weighted by atomic mass is 32.2. The van der Waals surface area contributed by atoms with Crippen molar-refractivity contribution in [2.24, 2.45) is 5.92 Å². The molecule has 0 spiro atoms. The summed E-state index contributed by atoms with van der Waals surface area (Å²) in [7, 11) is 0. The summed E-state index contributed by atoms with van der Waals surface area (Å²) in [6, 6.07) is 9.96. The van der Waals surface area contributed by atoms with E-state index in [9.17, 15) is 23.6 Å². The van der Waals surface area contributed by atoms with Crippen LogP contribution in [-0.4, -0.2) is 61.5 Å². The van der Waals surface area contributed by atoms with Crippen molar-refractivity contribution in [3.05, 3.63) is 74.8 Å². The molecule has 9 nitrogen and oxygen atoms in total. The second kappa shape index (κ2) is 12.4. The van der Waals surface area contributed by atoms with Gasteiger partial charge in [0, 0.05) is 42.7 Å². The van der Waals surface area contributed by atoms with Crippen molar-refractivity contribution in [1.29, 1.82) is 0 Å². The number of aromatic nitrogens is 3. The molecule has 2 saturated heterocycles. The molecule has 222 valence electrons. The third-order valence-corrected chi connectivity index (χ3v) is 10.1. The van der Waals surface area contributed by atoms with Crippen molar-refractivity contribution in [2.75, 3.05) is 24.6 Å². The zero-order chi connectivity index (χ0) is 29.2. The highest BCUT2D eigenvalue weighted by Crippen LogP contribution is 2.30. The Labute approximate surface area is 247 Å². The number of hydrogen-bond acceptors (Lipinski definition) is 6. The molecule has 1 aromatic carbocycles. The van der Waals surface area contributed by atoms with Gasteiger partial charge in [0.25, 0.3) is 11.5 Å². The monoisotopic (exact) mass is 593 g/mol. The van der Waals surface area contributed by atoms with Gasteiger partial charge in [-0.1, -0.05) is 18.2 Å². The lowest BCUT2D eigenvalue weighted by atomic mass is 9.89. The zero-order valence-electron chi connectivity index (χ0n) is 23.5. The number of thioether (sulfide) groups is 1. The summed E-state index contributed by atoms with van der Waals surface area (Å²) in [5, 5.41) is 3.33. The number of carbonyl (C=O) groups excluding carboxylic acids is 2. The van der Waals surface area contributed by atoms with Crippen LogP contribution in [0.1, 0.15) is 73.8 Å². The van der Waals surface area contributed by atoms with Crippen LogP contribution in [-0.2, 0) is 4.79 Å². The topological polar surface area (TPSA) is 106 Å². The van der Waals surface area contributed by atoms with Gasteiger partial charge < -0.3 is 10.2 Å². The number of halogens is 1. The lowest BCUT2D eigenvalue weighted by molar-refractivity contribution is -0.127. The number of pyridine rings is 1. The fourth-order valence-corrected chi connectivity index (χ4v) is 7.79. The normalized spacial score (nSPS) is 22.3. The number of carbonyl (C=O) groups is 2. The fourth-order valence-electron chi connectivity index (χ4n) is 6.70. The lowest BCUT2D eigenvalue weighted by Gasteiger charge is -2.34. The second-order valence-electron chi connectivity index (χ2n) is 11.6. The first kappa shape index (κ1) is 28.6. The highest BCUT2D eigenvalue weighted by Gasteiger charge is 2.32. The van der Waals surface area contributed by atoms with E-state index in [-0.39, 0.29) is 52.6 Å². The average molecular weight is 594 g/mol. The van der Waals surface area contributed by atoms with E-state index in [1.54, 1.807) is 4.57 Å². The van der Waals surface area contributed by atoms with E-state index >= 15 is 0 Å². The Morgan fingerprint density at radius 3 is 2.24 bits per heavy atom. The van der Waals surface area contributed by atoms with Crippen LogP contribution >= 0.6 is 11.8 Å². The van der Waals surface area contributed by atoms with E-state index in [0.717, 1.165) is 30.5 Å². The zero-order valence-corrected chi connectivity index (χ0v) is 24.4. The van der Waals surface area contributed by atoms with Crippen LogP contribution in [0.25, 0.3) is 11.0 Å². The first-order valence-electron chi connectivity index (χ1n) is 15.0. The summed E-state index contributed by atoms with van der Waals surface area (Å²) in [5.74, 6) is 1.10. The number of benzene rings is 1. The third-order valence-electron chi connectivity index (χ3n) is 9.06. The second-order valence-corrected chi connectivity index (χ2v) is 12.9. The Morgan fingerprint density at radius 1 is 0.881 bits per heavy atom. The number of hydrogen-bond donors (Lipinski definition) is 1. The SMILES string of the molecule is O=C(N[C@H]1CC[C@@H](n2c(=O)c3cc(F)cnc3n(C3CCSCC3)c2=O)CC1)C1CCN(C(=O)c2ccccc2)CC1. The van der Waals surface area contributed by atoms with Gasteiger partial charge in [-0.15, -0.1) is 0 Å². The molecule has 3 aliphatic rings. The average Bonchev–Trinajstić information content (AvgIpc) is 3.03. The summed E-state index contributed by atoms with van der Waals surface area (Å²) in [5.41, 5.74) is 0.0612. The van der Waals surface area contributed by atoms with Gasteiger partial charge in [0.05, 0.1) is 11.6 Å². The van der Waals surface area contributed by atoms with Gasteiger partial charge in [0.2, 0.25) is 5.91 Å². The van der Waals surface area contributed by atoms with Crippen molar-refractivity contribution in [3.8, 4) is 0 Å². The van der Waals surface area contributed by atoms with Crippen molar-refractivity contribution in [2.45, 2.75) is 69.5 Å². The van der Waals surface area contributed by atoms with E-state index in [0.29, 0.717) is 57.2 Å². The first-order valence-corrected chi connectivity index (χ1v) is 16.1. The van der Waals surface area contributed by atoms with Gasteiger partial charge in [-0.3, -0.25) is 23.5 Å². The molecule has 2 aliphatic heterocycles. The third kappa shape index (κ3) is 5.75. The molecular weight excluding hydrogens is 557 g/mol. The van der Waals surface area contributed by atoms with Crippen LogP contribution < -0.4 is 16.6 Å². The maximum atomic E-state index is 14.2. The van der Waals surface area contributed by atoms with E-state index in [1.165, 1.54) is 10.6 Å². The van der Waals surface area contributed by atoms with Crippen molar-refractivity contribution < 1.29 is 14.0 Å². The summed E-state index contributed by atoms with van der Waals surface area (Å²) in [6.45, 7) is 1.09. The van der Waals surface area contributed by atoms with Crippen LogP contribution in [0.15, 0.2) is 52.2 Å². The molecule has 3 fully saturated rings. The first-order chi connectivity index (χ1) is 20.4. The number of likely N-dealkylation sites (tertiary alicyclic amines) is 1. The van der Waals surface area contributed by atoms with Gasteiger partial charge in [-0.2, -0.15) is 11.8 Å². The molecule has 11 heteroatoms. The number of amides is 2. The minimum absolute atomic E-state index is 0.00308. The Kier molecular flexibility index (Phi) is 8.46. The van der Waals surface area contributed by atoms with E-state index in [2.05, 4.69) is 10.3 Å². The molecule has 0 bridgehead atoms. The van der Waals surface area contributed by atoms with Crippen LogP contribution in [0, 0.1) is 11.7 Å². The predicted octanol–water partition coefficient (Wildman–Crippen LogP) is 3.92. The molecule has 2 aromatic heterocycles. The van der Waals surface area contributed by atoms with Crippen LogP contribution in [0.2, 0.25) is 0 Å². The van der Waals surface area contributed by atoms with E-state index < -0.39 is 11.4 Å². The number of fused-ring (bicyclic) bond motifs is 1. The highest BCUT2D eigenvalue weighted by molar-refractivity contribution is 7.99. The van der Waals surface area contributed by atoms with Gasteiger partial charge in [0.15, 0.2) is 0 Å². The lowest BCUT2D eigenvalue weighted by Crippen LogP contribution is -2.48. The molecular formula is C31H36FN5O4S. The van der Waals surface area contributed by atoms with Gasteiger partial charge in [0.1, 0.15) is 11.5 Å². The maximum absolute atomic E-state index is 14.2. The minimum atomic E-state index is -0.600. The van der Waals surface area contributed by atoms with Crippen molar-refractivity contribution in [1.82, 2.24) is 24.3 Å². The molecule has 1 saturated carbocycles. The van der Waals surface area contributed by atoms with E-state index in [1.807, 2.05) is 47.0 Å².